The van der Waals surface area contributed by atoms with E-state index in [0.29, 0.717) is 11.8 Å². The van der Waals surface area contributed by atoms with Crippen molar-refractivity contribution in [2.75, 3.05) is 0 Å². The quantitative estimate of drug-likeness (QED) is 0.471. The number of esters is 1. The predicted molar refractivity (Wildman–Crippen MR) is 54.7 cm³/mol. The summed E-state index contributed by atoms with van der Waals surface area (Å²) in [5, 5.41) is 0. The van der Waals surface area contributed by atoms with Gasteiger partial charge in [0.05, 0.1) is 0 Å². The van der Waals surface area contributed by atoms with E-state index < -0.39 is 0 Å². The molecule has 0 spiro atoms. The second kappa shape index (κ2) is 3.99. The molecule has 0 aliphatic heterocycles. The van der Waals surface area contributed by atoms with Gasteiger partial charge < -0.3 is 4.74 Å². The fraction of sp³-hybridized carbons (Fsp3) is 0.583. The number of carbonyl (C=O) groups excluding carboxylic acids is 1. The lowest BCUT2D eigenvalue weighted by Gasteiger charge is -2.25. The summed E-state index contributed by atoms with van der Waals surface area (Å²) >= 11 is 0. The molecule has 0 saturated carbocycles. The molecule has 2 nitrogen and oxygen atoms in total. The fourth-order valence-electron chi connectivity index (χ4n) is 2.42. The van der Waals surface area contributed by atoms with Crippen LogP contribution in [0.1, 0.15) is 26.2 Å². The van der Waals surface area contributed by atoms with Crippen LogP contribution in [0.2, 0.25) is 0 Å². The third-order valence-corrected chi connectivity index (χ3v) is 3.08. The fourth-order valence-corrected chi connectivity index (χ4v) is 2.42. The van der Waals surface area contributed by atoms with Crippen molar-refractivity contribution in [2.45, 2.75) is 32.3 Å². The maximum absolute atomic E-state index is 10.9. The second-order valence-corrected chi connectivity index (χ2v) is 4.08. The molecule has 3 atom stereocenters. The molecule has 0 saturated heterocycles. The zero-order chi connectivity index (χ0) is 9.97. The summed E-state index contributed by atoms with van der Waals surface area (Å²) in [7, 11) is 0. The molecule has 76 valence electrons. The highest BCUT2D eigenvalue weighted by Gasteiger charge is 2.32. The minimum atomic E-state index is -0.157. The van der Waals surface area contributed by atoms with Crippen LogP contribution in [0.3, 0.4) is 0 Å². The van der Waals surface area contributed by atoms with E-state index in [2.05, 4.69) is 24.3 Å². The van der Waals surface area contributed by atoms with Gasteiger partial charge in [0.25, 0.3) is 0 Å². The van der Waals surface area contributed by atoms with E-state index in [1.54, 1.807) is 0 Å². The third kappa shape index (κ3) is 1.89. The van der Waals surface area contributed by atoms with Crippen molar-refractivity contribution >= 4 is 5.97 Å². The van der Waals surface area contributed by atoms with Gasteiger partial charge in [-0.1, -0.05) is 24.3 Å². The minimum absolute atomic E-state index is 0.0891. The molecule has 0 fully saturated rings. The molecule has 3 unspecified atom stereocenters. The van der Waals surface area contributed by atoms with E-state index >= 15 is 0 Å². The van der Waals surface area contributed by atoms with Crippen LogP contribution in [0.25, 0.3) is 0 Å². The van der Waals surface area contributed by atoms with Crippen molar-refractivity contribution in [1.82, 2.24) is 0 Å². The average Bonchev–Trinajstić information content (AvgIpc) is 2.51. The van der Waals surface area contributed by atoms with Crippen LogP contribution < -0.4 is 0 Å². The predicted octanol–water partition coefficient (Wildman–Crippen LogP) is 2.46. The second-order valence-electron chi connectivity index (χ2n) is 4.08. The van der Waals surface area contributed by atoms with Crippen LogP contribution in [0.4, 0.5) is 0 Å². The maximum Gasteiger partial charge on any atom is 0.302 e. The third-order valence-electron chi connectivity index (χ3n) is 3.08. The first-order chi connectivity index (χ1) is 6.77. The molecule has 0 heterocycles. The number of fused-ring (bicyclic) bond motifs is 1. The van der Waals surface area contributed by atoms with Crippen molar-refractivity contribution < 1.29 is 9.53 Å². The van der Waals surface area contributed by atoms with Gasteiger partial charge >= 0.3 is 5.97 Å². The molecular weight excluding hydrogens is 176 g/mol. The molecule has 0 aromatic carbocycles. The summed E-state index contributed by atoms with van der Waals surface area (Å²) in [5.41, 5.74) is 0. The van der Waals surface area contributed by atoms with Gasteiger partial charge in [0.15, 0.2) is 0 Å². The Kier molecular flexibility index (Phi) is 2.71. The molecule has 0 amide bonds. The number of allylic oxidation sites excluding steroid dienone is 3. The maximum atomic E-state index is 10.9. The van der Waals surface area contributed by atoms with Gasteiger partial charge in [0.1, 0.15) is 6.10 Å². The first-order valence-corrected chi connectivity index (χ1v) is 5.26. The van der Waals surface area contributed by atoms with Crippen LogP contribution >= 0.6 is 0 Å². The first kappa shape index (κ1) is 9.50. The molecule has 14 heavy (non-hydrogen) atoms. The summed E-state index contributed by atoms with van der Waals surface area (Å²) in [6.07, 6.45) is 11.9. The van der Waals surface area contributed by atoms with E-state index in [-0.39, 0.29) is 12.1 Å². The van der Waals surface area contributed by atoms with E-state index in [0.717, 1.165) is 19.3 Å². The molecule has 0 radical (unpaired) electrons. The van der Waals surface area contributed by atoms with Crippen LogP contribution in [0.5, 0.6) is 0 Å². The highest BCUT2D eigenvalue weighted by Crippen LogP contribution is 2.35. The Morgan fingerprint density at radius 3 is 2.79 bits per heavy atom. The van der Waals surface area contributed by atoms with Gasteiger partial charge in [-0.15, -0.1) is 0 Å². The molecule has 0 bridgehead atoms. The van der Waals surface area contributed by atoms with Crippen LogP contribution in [0.15, 0.2) is 24.3 Å². The topological polar surface area (TPSA) is 26.3 Å². The summed E-state index contributed by atoms with van der Waals surface area (Å²) in [6, 6.07) is 0. The van der Waals surface area contributed by atoms with Crippen molar-refractivity contribution in [3.05, 3.63) is 24.3 Å². The Morgan fingerprint density at radius 2 is 2.00 bits per heavy atom. The van der Waals surface area contributed by atoms with Gasteiger partial charge in [0.2, 0.25) is 0 Å². The van der Waals surface area contributed by atoms with E-state index in [1.807, 2.05) is 0 Å². The summed E-state index contributed by atoms with van der Waals surface area (Å²) in [4.78, 5) is 10.9. The molecular formula is C12H16O2. The number of ether oxygens (including phenoxy) is 1. The first-order valence-electron chi connectivity index (χ1n) is 5.26. The van der Waals surface area contributed by atoms with Crippen molar-refractivity contribution in [3.63, 3.8) is 0 Å². The Balaban J connectivity index is 2.07. The lowest BCUT2D eigenvalue weighted by Crippen LogP contribution is -2.27. The van der Waals surface area contributed by atoms with Crippen molar-refractivity contribution in [2.24, 2.45) is 11.8 Å². The van der Waals surface area contributed by atoms with E-state index in [4.69, 9.17) is 4.74 Å². The van der Waals surface area contributed by atoms with Gasteiger partial charge in [-0.25, -0.2) is 0 Å². The lowest BCUT2D eigenvalue weighted by atomic mass is 9.88. The zero-order valence-electron chi connectivity index (χ0n) is 8.48. The average molecular weight is 192 g/mol. The van der Waals surface area contributed by atoms with Crippen LogP contribution in [-0.4, -0.2) is 12.1 Å². The molecule has 2 rings (SSSR count). The minimum Gasteiger partial charge on any atom is -0.462 e. The lowest BCUT2D eigenvalue weighted by molar-refractivity contribution is -0.149. The Bertz CT molecular complexity index is 278. The van der Waals surface area contributed by atoms with E-state index in [1.165, 1.54) is 6.92 Å². The molecule has 0 aromatic rings. The smallest absolute Gasteiger partial charge is 0.302 e. The standard InChI is InChI=1S/C12H16O2/c1-9(13)14-12-8-3-2-5-10-6-4-7-11(10)12/h2-4,6,10-12H,5,7-8H2,1H3. The number of hydrogen-bond acceptors (Lipinski definition) is 2. The molecule has 0 N–H and O–H groups in total. The van der Waals surface area contributed by atoms with Gasteiger partial charge in [0, 0.05) is 19.3 Å². The van der Waals surface area contributed by atoms with Gasteiger partial charge in [-0.05, 0) is 18.8 Å². The number of rotatable bonds is 1. The van der Waals surface area contributed by atoms with Crippen molar-refractivity contribution in [1.29, 1.82) is 0 Å². The monoisotopic (exact) mass is 192 g/mol. The number of hydrogen-bond donors (Lipinski definition) is 0. The Labute approximate surface area is 84.6 Å². The Hall–Kier alpha value is -1.05. The summed E-state index contributed by atoms with van der Waals surface area (Å²) in [6.45, 7) is 1.49. The van der Waals surface area contributed by atoms with Crippen molar-refractivity contribution in [3.8, 4) is 0 Å². The zero-order valence-corrected chi connectivity index (χ0v) is 8.48. The molecule has 0 aromatic heterocycles. The number of carbonyl (C=O) groups is 1. The largest absolute Gasteiger partial charge is 0.462 e. The van der Waals surface area contributed by atoms with Gasteiger partial charge in [-0.3, -0.25) is 4.79 Å². The SMILES string of the molecule is CC(=O)OC1CC=CCC2C=CCC21. The highest BCUT2D eigenvalue weighted by atomic mass is 16.5. The van der Waals surface area contributed by atoms with Gasteiger partial charge in [-0.2, -0.15) is 0 Å². The van der Waals surface area contributed by atoms with E-state index in [9.17, 15) is 4.79 Å². The normalized spacial score (nSPS) is 35.1. The Morgan fingerprint density at radius 1 is 1.21 bits per heavy atom. The summed E-state index contributed by atoms with van der Waals surface area (Å²) < 4.78 is 5.35. The van der Waals surface area contributed by atoms with Crippen LogP contribution in [0, 0.1) is 11.8 Å². The highest BCUT2D eigenvalue weighted by molar-refractivity contribution is 5.66. The van der Waals surface area contributed by atoms with Crippen LogP contribution in [-0.2, 0) is 9.53 Å². The molecule has 2 aliphatic rings. The molecule has 2 heteroatoms. The molecule has 2 aliphatic carbocycles. The summed E-state index contributed by atoms with van der Waals surface area (Å²) in [5.74, 6) is 0.933.